The lowest BCUT2D eigenvalue weighted by Gasteiger charge is -2.25. The number of rotatable bonds is 11. The third kappa shape index (κ3) is 7.46. The van der Waals surface area contributed by atoms with E-state index in [0.717, 1.165) is 30.8 Å². The van der Waals surface area contributed by atoms with Crippen molar-refractivity contribution in [1.82, 2.24) is 15.5 Å². The van der Waals surface area contributed by atoms with Crippen molar-refractivity contribution in [2.75, 3.05) is 26.9 Å². The van der Waals surface area contributed by atoms with Crippen molar-refractivity contribution in [3.8, 4) is 0 Å². The Kier molecular flexibility index (Phi) is 9.29. The molecule has 0 saturated carbocycles. The summed E-state index contributed by atoms with van der Waals surface area (Å²) in [6, 6.07) is 0.160. The highest BCUT2D eigenvalue weighted by atomic mass is 19.1. The maximum atomic E-state index is 12.3. The van der Waals surface area contributed by atoms with Gasteiger partial charge < -0.3 is 15.5 Å². The molecule has 0 saturated heterocycles. The lowest BCUT2D eigenvalue weighted by Crippen LogP contribution is -2.37. The predicted molar refractivity (Wildman–Crippen MR) is 97.1 cm³/mol. The van der Waals surface area contributed by atoms with Crippen LogP contribution in [0.5, 0.6) is 0 Å². The molecule has 0 amide bonds. The summed E-state index contributed by atoms with van der Waals surface area (Å²) < 4.78 is 12.3. The van der Waals surface area contributed by atoms with Crippen LogP contribution >= 0.6 is 0 Å². The molecule has 1 heterocycles. The van der Waals surface area contributed by atoms with Crippen molar-refractivity contribution < 1.29 is 4.39 Å². The molecule has 1 aliphatic rings. The number of likely N-dealkylation sites (N-methyl/N-ethyl adjacent to an activating group) is 1. The number of hydrogen-bond acceptors (Lipinski definition) is 4. The first-order valence-corrected chi connectivity index (χ1v) is 8.41. The van der Waals surface area contributed by atoms with Gasteiger partial charge in [-0.1, -0.05) is 19.9 Å². The molecule has 23 heavy (non-hydrogen) atoms. The van der Waals surface area contributed by atoms with E-state index < -0.39 is 0 Å². The highest BCUT2D eigenvalue weighted by molar-refractivity contribution is 5.99. The van der Waals surface area contributed by atoms with Gasteiger partial charge in [0.05, 0.1) is 18.4 Å². The highest BCUT2D eigenvalue weighted by Gasteiger charge is 2.16. The summed E-state index contributed by atoms with van der Waals surface area (Å²) in [5.41, 5.74) is 3.20. The summed E-state index contributed by atoms with van der Waals surface area (Å²) >= 11 is 0. The predicted octanol–water partition coefficient (Wildman–Crippen LogP) is 3.36. The van der Waals surface area contributed by atoms with Gasteiger partial charge in [0.25, 0.3) is 0 Å². The fraction of sp³-hybridized carbons (Fsp3) is 0.611. The van der Waals surface area contributed by atoms with Gasteiger partial charge in [0.2, 0.25) is 0 Å². The summed E-state index contributed by atoms with van der Waals surface area (Å²) in [6.45, 7) is 9.45. The number of nitrogens with one attached hydrogen (secondary N) is 2. The van der Waals surface area contributed by atoms with Crippen molar-refractivity contribution >= 4 is 5.71 Å². The van der Waals surface area contributed by atoms with E-state index in [-0.39, 0.29) is 12.7 Å². The third-order valence-corrected chi connectivity index (χ3v) is 3.62. The Balaban J connectivity index is 2.61. The highest BCUT2D eigenvalue weighted by Crippen LogP contribution is 2.11. The summed E-state index contributed by atoms with van der Waals surface area (Å²) in [4.78, 5) is 6.77. The van der Waals surface area contributed by atoms with E-state index in [4.69, 9.17) is 0 Å². The molecule has 1 rings (SSSR count). The van der Waals surface area contributed by atoms with Gasteiger partial charge >= 0.3 is 0 Å². The van der Waals surface area contributed by atoms with Crippen LogP contribution in [0.2, 0.25) is 0 Å². The molecule has 130 valence electrons. The minimum absolute atomic E-state index is 0.160. The lowest BCUT2D eigenvalue weighted by molar-refractivity contribution is 0.465. The molecule has 0 radical (unpaired) electrons. The molecule has 4 nitrogen and oxygen atoms in total. The van der Waals surface area contributed by atoms with Crippen LogP contribution in [0.3, 0.4) is 0 Å². The van der Waals surface area contributed by atoms with Gasteiger partial charge in [-0.15, -0.1) is 0 Å². The van der Waals surface area contributed by atoms with Crippen LogP contribution in [0.25, 0.3) is 0 Å². The van der Waals surface area contributed by atoms with E-state index in [1.165, 1.54) is 5.57 Å². The summed E-state index contributed by atoms with van der Waals surface area (Å²) in [5, 5.41) is 6.55. The molecule has 1 aliphatic heterocycles. The second-order valence-electron chi connectivity index (χ2n) is 5.94. The molecule has 0 aliphatic carbocycles. The van der Waals surface area contributed by atoms with Gasteiger partial charge in [-0.05, 0) is 44.9 Å². The van der Waals surface area contributed by atoms with Crippen molar-refractivity contribution in [1.29, 1.82) is 0 Å². The average Bonchev–Trinajstić information content (AvgIpc) is 2.53. The quantitative estimate of drug-likeness (QED) is 0.613. The molecule has 0 bridgehead atoms. The summed E-state index contributed by atoms with van der Waals surface area (Å²) in [6.07, 6.45) is 9.48. The molecule has 1 unspecified atom stereocenters. The number of aliphatic imine (C=N–C) groups is 1. The minimum atomic E-state index is -0.298. The second-order valence-corrected chi connectivity index (χ2v) is 5.94. The van der Waals surface area contributed by atoms with Gasteiger partial charge in [0, 0.05) is 24.6 Å². The molecule has 5 heteroatoms. The zero-order valence-corrected chi connectivity index (χ0v) is 14.7. The number of allylic oxidation sites excluding steroid dienone is 1. The van der Waals surface area contributed by atoms with E-state index >= 15 is 0 Å². The Morgan fingerprint density at radius 3 is 2.91 bits per heavy atom. The second kappa shape index (κ2) is 11.0. The van der Waals surface area contributed by atoms with Crippen LogP contribution in [0.4, 0.5) is 4.39 Å². The Hall–Kier alpha value is -1.62. The van der Waals surface area contributed by atoms with E-state index in [2.05, 4.69) is 59.4 Å². The first-order chi connectivity index (χ1) is 11.1. The summed E-state index contributed by atoms with van der Waals surface area (Å²) in [5.74, 6) is 0. The normalized spacial score (nSPS) is 16.3. The average molecular weight is 322 g/mol. The van der Waals surface area contributed by atoms with Crippen LogP contribution in [0.15, 0.2) is 41.3 Å². The Bertz CT molecular complexity index is 454. The van der Waals surface area contributed by atoms with Gasteiger partial charge in [-0.25, -0.2) is 0 Å². The molecule has 0 aromatic rings. The minimum Gasteiger partial charge on any atom is -0.380 e. The summed E-state index contributed by atoms with van der Waals surface area (Å²) in [7, 11) is 1.94. The molecule has 0 aromatic carbocycles. The van der Waals surface area contributed by atoms with Crippen LogP contribution < -0.4 is 10.6 Å². The first-order valence-electron chi connectivity index (χ1n) is 8.41. The van der Waals surface area contributed by atoms with E-state index in [0.29, 0.717) is 19.5 Å². The zero-order chi connectivity index (χ0) is 17.1. The Labute approximate surface area is 140 Å². The molecular weight excluding hydrogens is 291 g/mol. The molecule has 2 N–H and O–H groups in total. The van der Waals surface area contributed by atoms with Crippen molar-refractivity contribution in [3.05, 3.63) is 36.3 Å². The fourth-order valence-electron chi connectivity index (χ4n) is 2.53. The SMILES string of the molecule is C=C(CCCF)NC(CCC)C1=NCN(/C=C(\C)CNC)C=C1. The number of hydrogen-bond donors (Lipinski definition) is 2. The molecular formula is C18H31FN4. The molecule has 0 fully saturated rings. The van der Waals surface area contributed by atoms with Gasteiger partial charge in [0.1, 0.15) is 6.67 Å². The Morgan fingerprint density at radius 1 is 1.57 bits per heavy atom. The van der Waals surface area contributed by atoms with Crippen LogP contribution in [0.1, 0.15) is 39.5 Å². The lowest BCUT2D eigenvalue weighted by atomic mass is 10.0. The van der Waals surface area contributed by atoms with Crippen LogP contribution in [0, 0.1) is 0 Å². The maximum absolute atomic E-state index is 12.3. The zero-order valence-electron chi connectivity index (χ0n) is 14.7. The van der Waals surface area contributed by atoms with Crippen LogP contribution in [-0.2, 0) is 0 Å². The van der Waals surface area contributed by atoms with Gasteiger partial charge in [0.15, 0.2) is 0 Å². The maximum Gasteiger partial charge on any atom is 0.114 e. The number of alkyl halides is 1. The third-order valence-electron chi connectivity index (χ3n) is 3.62. The van der Waals surface area contributed by atoms with Crippen molar-refractivity contribution in [2.24, 2.45) is 4.99 Å². The first kappa shape index (κ1) is 19.4. The number of halogens is 1. The van der Waals surface area contributed by atoms with Gasteiger partial charge in [-0.2, -0.15) is 0 Å². The Morgan fingerprint density at radius 2 is 2.35 bits per heavy atom. The van der Waals surface area contributed by atoms with Crippen molar-refractivity contribution in [3.63, 3.8) is 0 Å². The molecule has 0 spiro atoms. The largest absolute Gasteiger partial charge is 0.380 e. The van der Waals surface area contributed by atoms with E-state index in [1.807, 2.05) is 7.05 Å². The van der Waals surface area contributed by atoms with Crippen molar-refractivity contribution in [2.45, 2.75) is 45.6 Å². The topological polar surface area (TPSA) is 39.7 Å². The van der Waals surface area contributed by atoms with E-state index in [9.17, 15) is 4.39 Å². The fourth-order valence-corrected chi connectivity index (χ4v) is 2.53. The van der Waals surface area contributed by atoms with Gasteiger partial charge in [-0.3, -0.25) is 9.38 Å². The van der Waals surface area contributed by atoms with E-state index in [1.54, 1.807) is 0 Å². The molecule has 0 aromatic heterocycles. The standard InChI is InChI=1S/C18H31FN4/c1-5-7-18(22-16(3)8-6-10-19)17-9-11-23(14-21-17)13-15(2)12-20-4/h9,11,13,18,20,22H,3,5-8,10,12,14H2,1-2,4H3/b15-13+. The smallest absolute Gasteiger partial charge is 0.114 e. The monoisotopic (exact) mass is 322 g/mol. The number of nitrogens with zero attached hydrogens (tertiary/aromatic N) is 2. The van der Waals surface area contributed by atoms with Crippen LogP contribution in [-0.4, -0.2) is 43.6 Å². The molecule has 1 atom stereocenters.